The summed E-state index contributed by atoms with van der Waals surface area (Å²) < 4.78 is 0. The van der Waals surface area contributed by atoms with Gasteiger partial charge in [-0.05, 0) is 25.0 Å². The van der Waals surface area contributed by atoms with E-state index in [1.165, 1.54) is 16.7 Å². The Hall–Kier alpha value is -1.04. The van der Waals surface area contributed by atoms with Crippen LogP contribution < -0.4 is 10.6 Å². The quantitative estimate of drug-likeness (QED) is 0.375. The second-order valence-electron chi connectivity index (χ2n) is 4.03. The fraction of sp³-hybridized carbons (Fsp3) is 0.357. The third kappa shape index (κ3) is 5.53. The van der Waals surface area contributed by atoms with E-state index >= 15 is 0 Å². The molecule has 100 valence electrons. The molecule has 0 heterocycles. The molecule has 4 heteroatoms. The first kappa shape index (κ1) is 17.0. The Balaban J connectivity index is 0.00000289. The molecule has 3 nitrogen and oxygen atoms in total. The van der Waals surface area contributed by atoms with Crippen molar-refractivity contribution in [2.75, 3.05) is 13.6 Å². The SMILES string of the molecule is C=CCNC(=NC)NCc1ccc(C)cc1C.I. The zero-order chi connectivity index (χ0) is 12.7. The van der Waals surface area contributed by atoms with Crippen molar-refractivity contribution in [1.82, 2.24) is 10.6 Å². The van der Waals surface area contributed by atoms with Crippen LogP contribution in [0.25, 0.3) is 0 Å². The van der Waals surface area contributed by atoms with Crippen LogP contribution in [0.4, 0.5) is 0 Å². The summed E-state index contributed by atoms with van der Waals surface area (Å²) in [6, 6.07) is 6.47. The minimum Gasteiger partial charge on any atom is -0.353 e. The molecule has 0 unspecified atom stereocenters. The van der Waals surface area contributed by atoms with E-state index in [0.717, 1.165) is 12.5 Å². The number of nitrogens with one attached hydrogen (secondary N) is 2. The van der Waals surface area contributed by atoms with Crippen LogP contribution >= 0.6 is 24.0 Å². The maximum absolute atomic E-state index is 4.13. The van der Waals surface area contributed by atoms with E-state index in [0.29, 0.717) is 6.54 Å². The number of aryl methyl sites for hydroxylation is 2. The lowest BCUT2D eigenvalue weighted by molar-refractivity contribution is 0.842. The van der Waals surface area contributed by atoms with Crippen molar-refractivity contribution in [2.45, 2.75) is 20.4 Å². The van der Waals surface area contributed by atoms with Gasteiger partial charge in [0.1, 0.15) is 0 Å². The maximum Gasteiger partial charge on any atom is 0.191 e. The van der Waals surface area contributed by atoms with Crippen LogP contribution in [0.3, 0.4) is 0 Å². The van der Waals surface area contributed by atoms with Gasteiger partial charge in [0.15, 0.2) is 5.96 Å². The number of guanidine groups is 1. The number of hydrogen-bond acceptors (Lipinski definition) is 1. The molecule has 0 aromatic heterocycles. The van der Waals surface area contributed by atoms with Crippen LogP contribution in [-0.4, -0.2) is 19.6 Å². The summed E-state index contributed by atoms with van der Waals surface area (Å²) in [6.07, 6.45) is 1.81. The molecule has 0 saturated carbocycles. The van der Waals surface area contributed by atoms with Gasteiger partial charge in [-0.2, -0.15) is 0 Å². The summed E-state index contributed by atoms with van der Waals surface area (Å²) in [6.45, 7) is 9.39. The van der Waals surface area contributed by atoms with Crippen molar-refractivity contribution in [3.8, 4) is 0 Å². The summed E-state index contributed by atoms with van der Waals surface area (Å²) in [7, 11) is 1.76. The van der Waals surface area contributed by atoms with E-state index in [1.807, 2.05) is 6.08 Å². The topological polar surface area (TPSA) is 36.4 Å². The Labute approximate surface area is 127 Å². The zero-order valence-electron chi connectivity index (χ0n) is 11.3. The molecule has 0 amide bonds. The first-order valence-electron chi connectivity index (χ1n) is 5.79. The highest BCUT2D eigenvalue weighted by molar-refractivity contribution is 14.0. The minimum atomic E-state index is 0. The van der Waals surface area contributed by atoms with Crippen molar-refractivity contribution >= 4 is 29.9 Å². The van der Waals surface area contributed by atoms with E-state index in [9.17, 15) is 0 Å². The van der Waals surface area contributed by atoms with Gasteiger partial charge in [-0.15, -0.1) is 30.6 Å². The molecule has 0 bridgehead atoms. The van der Waals surface area contributed by atoms with Gasteiger partial charge in [0, 0.05) is 20.1 Å². The van der Waals surface area contributed by atoms with E-state index in [2.05, 4.69) is 54.3 Å². The van der Waals surface area contributed by atoms with Crippen molar-refractivity contribution in [3.05, 3.63) is 47.5 Å². The second kappa shape index (κ2) is 8.97. The van der Waals surface area contributed by atoms with E-state index in [1.54, 1.807) is 7.05 Å². The van der Waals surface area contributed by atoms with E-state index < -0.39 is 0 Å². The largest absolute Gasteiger partial charge is 0.353 e. The highest BCUT2D eigenvalue weighted by Gasteiger charge is 2.00. The van der Waals surface area contributed by atoms with Gasteiger partial charge in [-0.25, -0.2) is 0 Å². The van der Waals surface area contributed by atoms with Gasteiger partial charge in [-0.3, -0.25) is 4.99 Å². The highest BCUT2D eigenvalue weighted by Crippen LogP contribution is 2.09. The molecular formula is C14H22IN3. The number of rotatable bonds is 4. The number of benzene rings is 1. The van der Waals surface area contributed by atoms with Gasteiger partial charge >= 0.3 is 0 Å². The van der Waals surface area contributed by atoms with Crippen LogP contribution in [0.1, 0.15) is 16.7 Å². The van der Waals surface area contributed by atoms with Gasteiger partial charge in [0.2, 0.25) is 0 Å². The molecule has 2 N–H and O–H groups in total. The molecule has 0 fully saturated rings. The Bertz CT molecular complexity index is 414. The Morgan fingerprint density at radius 2 is 2.06 bits per heavy atom. The molecule has 1 aromatic rings. The smallest absolute Gasteiger partial charge is 0.191 e. The zero-order valence-corrected chi connectivity index (χ0v) is 13.6. The van der Waals surface area contributed by atoms with Crippen molar-refractivity contribution in [3.63, 3.8) is 0 Å². The fourth-order valence-electron chi connectivity index (χ4n) is 1.61. The molecule has 0 aliphatic carbocycles. The number of halogens is 1. The molecular weight excluding hydrogens is 337 g/mol. The van der Waals surface area contributed by atoms with E-state index in [-0.39, 0.29) is 24.0 Å². The monoisotopic (exact) mass is 359 g/mol. The van der Waals surface area contributed by atoms with Gasteiger partial charge in [-0.1, -0.05) is 29.8 Å². The third-order valence-corrected chi connectivity index (χ3v) is 2.58. The molecule has 18 heavy (non-hydrogen) atoms. The lowest BCUT2D eigenvalue weighted by atomic mass is 10.1. The first-order valence-corrected chi connectivity index (χ1v) is 5.79. The van der Waals surface area contributed by atoms with Crippen LogP contribution in [0.2, 0.25) is 0 Å². The van der Waals surface area contributed by atoms with Crippen LogP contribution in [0.5, 0.6) is 0 Å². The lowest BCUT2D eigenvalue weighted by Gasteiger charge is -2.12. The number of hydrogen-bond donors (Lipinski definition) is 2. The molecule has 0 atom stereocenters. The molecule has 0 aliphatic rings. The molecule has 0 spiro atoms. The summed E-state index contributed by atoms with van der Waals surface area (Å²) in [5.41, 5.74) is 3.88. The van der Waals surface area contributed by atoms with E-state index in [4.69, 9.17) is 0 Å². The fourth-order valence-corrected chi connectivity index (χ4v) is 1.61. The normalized spacial score (nSPS) is 10.5. The minimum absolute atomic E-state index is 0. The molecule has 0 saturated heterocycles. The van der Waals surface area contributed by atoms with Crippen LogP contribution in [0, 0.1) is 13.8 Å². The highest BCUT2D eigenvalue weighted by atomic mass is 127. The average Bonchev–Trinajstić information content (AvgIpc) is 2.31. The number of nitrogens with zero attached hydrogens (tertiary/aromatic N) is 1. The van der Waals surface area contributed by atoms with Crippen molar-refractivity contribution < 1.29 is 0 Å². The molecule has 1 rings (SSSR count). The molecule has 1 aromatic carbocycles. The summed E-state index contributed by atoms with van der Waals surface area (Å²) >= 11 is 0. The van der Waals surface area contributed by atoms with Crippen LogP contribution in [-0.2, 0) is 6.54 Å². The predicted octanol–water partition coefficient (Wildman–Crippen LogP) is 2.77. The standard InChI is InChI=1S/C14H21N3.HI/c1-5-8-16-14(15-4)17-10-13-7-6-11(2)9-12(13)3;/h5-7,9H,1,8,10H2,2-4H3,(H2,15,16,17);1H. The van der Waals surface area contributed by atoms with Crippen molar-refractivity contribution in [1.29, 1.82) is 0 Å². The first-order chi connectivity index (χ1) is 8.17. The predicted molar refractivity (Wildman–Crippen MR) is 89.7 cm³/mol. The lowest BCUT2D eigenvalue weighted by Crippen LogP contribution is -2.36. The molecule has 0 aliphatic heterocycles. The second-order valence-corrected chi connectivity index (χ2v) is 4.03. The van der Waals surface area contributed by atoms with Crippen LogP contribution in [0.15, 0.2) is 35.8 Å². The summed E-state index contributed by atoms with van der Waals surface area (Å²) in [5.74, 6) is 0.796. The average molecular weight is 359 g/mol. The Morgan fingerprint density at radius 1 is 1.33 bits per heavy atom. The van der Waals surface area contributed by atoms with Gasteiger partial charge < -0.3 is 10.6 Å². The van der Waals surface area contributed by atoms with Gasteiger partial charge in [0.05, 0.1) is 0 Å². The number of aliphatic imine (C=N–C) groups is 1. The maximum atomic E-state index is 4.13. The Kier molecular flexibility index (Phi) is 8.45. The van der Waals surface area contributed by atoms with Crippen molar-refractivity contribution in [2.24, 2.45) is 4.99 Å². The summed E-state index contributed by atoms with van der Waals surface area (Å²) in [5, 5.41) is 6.41. The Morgan fingerprint density at radius 3 is 2.61 bits per heavy atom. The van der Waals surface area contributed by atoms with Gasteiger partial charge in [0.25, 0.3) is 0 Å². The summed E-state index contributed by atoms with van der Waals surface area (Å²) in [4.78, 5) is 4.13. The molecule has 0 radical (unpaired) electrons. The third-order valence-electron chi connectivity index (χ3n) is 2.58.